The Hall–Kier alpha value is -1.04. The Morgan fingerprint density at radius 3 is 2.40 bits per heavy atom. The fourth-order valence-electron chi connectivity index (χ4n) is 6.56. The molecule has 6 heteroatoms. The summed E-state index contributed by atoms with van der Waals surface area (Å²) in [5.74, 6) is 3.49. The molecule has 2 heterocycles. The molecule has 0 aromatic rings. The van der Waals surface area contributed by atoms with Crippen LogP contribution in [0.1, 0.15) is 51.4 Å². The predicted octanol–water partition coefficient (Wildman–Crippen LogP) is 2.41. The summed E-state index contributed by atoms with van der Waals surface area (Å²) in [6.45, 7) is 1.53. The molecule has 1 N–H and O–H groups in total. The molecule has 136 valence electrons. The molecule has 25 heavy (non-hydrogen) atoms. The summed E-state index contributed by atoms with van der Waals surface area (Å²) in [5, 5.41) is 3.69. The number of hydrogen-bond donors (Lipinski definition) is 1. The van der Waals surface area contributed by atoms with Gasteiger partial charge in [0.1, 0.15) is 6.04 Å². The van der Waals surface area contributed by atoms with Gasteiger partial charge >= 0.3 is 0 Å². The Bertz CT molecular complexity index is 597. The molecule has 1 saturated heterocycles. The molecule has 2 amide bonds. The van der Waals surface area contributed by atoms with Gasteiger partial charge < -0.3 is 10.2 Å². The molecule has 5 nitrogen and oxygen atoms in total. The lowest BCUT2D eigenvalue weighted by atomic mass is 9.49. The first-order valence-electron chi connectivity index (χ1n) is 9.92. The van der Waals surface area contributed by atoms with Crippen molar-refractivity contribution in [1.29, 1.82) is 0 Å². The summed E-state index contributed by atoms with van der Waals surface area (Å²) >= 11 is 1.60. The van der Waals surface area contributed by atoms with Crippen LogP contribution in [0.5, 0.6) is 0 Å². The molecule has 0 unspecified atom stereocenters. The Balaban J connectivity index is 1.33. The summed E-state index contributed by atoms with van der Waals surface area (Å²) < 4.78 is 0. The van der Waals surface area contributed by atoms with Crippen molar-refractivity contribution in [1.82, 2.24) is 10.2 Å². The molecule has 4 aliphatic carbocycles. The molecule has 6 rings (SSSR count). The number of carbonyl (C=O) groups is 2. The average molecular weight is 362 g/mol. The van der Waals surface area contributed by atoms with Crippen LogP contribution in [-0.4, -0.2) is 46.8 Å². The van der Waals surface area contributed by atoms with Crippen molar-refractivity contribution < 1.29 is 9.59 Å². The minimum absolute atomic E-state index is 0.0243. The molecule has 2 aliphatic heterocycles. The van der Waals surface area contributed by atoms with E-state index in [-0.39, 0.29) is 17.4 Å². The summed E-state index contributed by atoms with van der Waals surface area (Å²) in [6.07, 6.45) is 8.98. The molecular formula is C19H27N3O2S. The fourth-order valence-corrected chi connectivity index (χ4v) is 7.29. The van der Waals surface area contributed by atoms with Crippen molar-refractivity contribution in [3.8, 4) is 0 Å². The quantitative estimate of drug-likeness (QED) is 0.822. The second kappa shape index (κ2) is 6.00. The van der Waals surface area contributed by atoms with Crippen LogP contribution >= 0.6 is 11.8 Å². The molecule has 4 bridgehead atoms. The van der Waals surface area contributed by atoms with Crippen molar-refractivity contribution in [2.45, 2.75) is 57.4 Å². The summed E-state index contributed by atoms with van der Waals surface area (Å²) in [5.41, 5.74) is -0.142. The van der Waals surface area contributed by atoms with E-state index < -0.39 is 0 Å². The van der Waals surface area contributed by atoms with Gasteiger partial charge in [-0.25, -0.2) is 0 Å². The van der Waals surface area contributed by atoms with Crippen LogP contribution < -0.4 is 5.32 Å². The lowest BCUT2D eigenvalue weighted by Gasteiger charge is -2.56. The number of carbonyl (C=O) groups excluding carboxylic acids is 2. The number of nitrogens with one attached hydrogen (secondary N) is 1. The van der Waals surface area contributed by atoms with Gasteiger partial charge in [0.05, 0.1) is 12.0 Å². The molecular weight excluding hydrogens is 334 g/mol. The molecule has 1 atom stereocenters. The SMILES string of the molecule is O=C(NC1=NCCS1)[C@H]1CCCN1C(=O)C12CC3CC(CC(C3)C1)C2. The van der Waals surface area contributed by atoms with Crippen LogP contribution in [0, 0.1) is 23.2 Å². The van der Waals surface area contributed by atoms with Crippen molar-refractivity contribution in [2.75, 3.05) is 18.8 Å². The zero-order valence-electron chi connectivity index (χ0n) is 14.7. The number of nitrogens with zero attached hydrogens (tertiary/aromatic N) is 2. The monoisotopic (exact) mass is 361 g/mol. The van der Waals surface area contributed by atoms with E-state index in [1.807, 2.05) is 4.90 Å². The summed E-state index contributed by atoms with van der Waals surface area (Å²) in [6, 6.07) is -0.288. The van der Waals surface area contributed by atoms with Gasteiger partial charge in [-0.15, -0.1) is 0 Å². The molecule has 5 fully saturated rings. The molecule has 0 aromatic carbocycles. The highest BCUT2D eigenvalue weighted by molar-refractivity contribution is 8.14. The van der Waals surface area contributed by atoms with Crippen molar-refractivity contribution >= 4 is 28.7 Å². The first-order chi connectivity index (χ1) is 12.1. The summed E-state index contributed by atoms with van der Waals surface area (Å²) in [4.78, 5) is 32.6. The topological polar surface area (TPSA) is 61.8 Å². The van der Waals surface area contributed by atoms with Gasteiger partial charge in [0.25, 0.3) is 0 Å². The average Bonchev–Trinajstić information content (AvgIpc) is 3.24. The van der Waals surface area contributed by atoms with Crippen LogP contribution in [0.4, 0.5) is 0 Å². The van der Waals surface area contributed by atoms with Gasteiger partial charge in [-0.1, -0.05) is 11.8 Å². The standard InChI is InChI=1S/C19H27N3O2S/c23-16(21-18-20-3-5-25-18)15-2-1-4-22(15)17(24)19-9-12-6-13(10-19)8-14(7-12)11-19/h12-15H,1-11H2,(H,20,21,23)/t12?,13?,14?,15-,19?/m1/s1. The van der Waals surface area contributed by atoms with Crippen LogP contribution in [0.2, 0.25) is 0 Å². The first kappa shape index (κ1) is 16.2. The van der Waals surface area contributed by atoms with Crippen LogP contribution in [-0.2, 0) is 9.59 Å². The summed E-state index contributed by atoms with van der Waals surface area (Å²) in [7, 11) is 0. The maximum atomic E-state index is 13.6. The zero-order valence-corrected chi connectivity index (χ0v) is 15.5. The van der Waals surface area contributed by atoms with Crippen molar-refractivity contribution in [3.05, 3.63) is 0 Å². The lowest BCUT2D eigenvalue weighted by Crippen LogP contribution is -2.57. The van der Waals surface area contributed by atoms with E-state index in [0.29, 0.717) is 5.91 Å². The smallest absolute Gasteiger partial charge is 0.248 e. The van der Waals surface area contributed by atoms with Gasteiger partial charge in [-0.2, -0.15) is 0 Å². The third kappa shape index (κ3) is 2.71. The van der Waals surface area contributed by atoms with Gasteiger partial charge in [0, 0.05) is 12.3 Å². The van der Waals surface area contributed by atoms with Crippen LogP contribution in [0.15, 0.2) is 4.99 Å². The van der Waals surface area contributed by atoms with Crippen LogP contribution in [0.25, 0.3) is 0 Å². The largest absolute Gasteiger partial charge is 0.330 e. The Morgan fingerprint density at radius 2 is 1.80 bits per heavy atom. The molecule has 0 aromatic heterocycles. The van der Waals surface area contributed by atoms with E-state index in [0.717, 1.165) is 73.9 Å². The third-order valence-electron chi connectivity index (χ3n) is 7.12. The predicted molar refractivity (Wildman–Crippen MR) is 98.2 cm³/mol. The second-order valence-corrected chi connectivity index (χ2v) is 9.96. The number of hydrogen-bond acceptors (Lipinski definition) is 4. The number of rotatable bonds is 2. The van der Waals surface area contributed by atoms with Gasteiger partial charge in [-0.3, -0.25) is 14.6 Å². The van der Waals surface area contributed by atoms with Crippen molar-refractivity contribution in [2.24, 2.45) is 28.2 Å². The van der Waals surface area contributed by atoms with E-state index in [9.17, 15) is 9.59 Å². The van der Waals surface area contributed by atoms with E-state index in [2.05, 4.69) is 10.3 Å². The normalized spacial score (nSPS) is 41.9. The molecule has 0 spiro atoms. The molecule has 6 aliphatic rings. The Kier molecular flexibility index (Phi) is 3.88. The van der Waals surface area contributed by atoms with E-state index in [1.165, 1.54) is 19.3 Å². The number of aliphatic imine (C=N–C) groups is 1. The lowest BCUT2D eigenvalue weighted by molar-refractivity contribution is -0.160. The molecule has 0 radical (unpaired) electrons. The second-order valence-electron chi connectivity index (χ2n) is 8.88. The fraction of sp³-hybridized carbons (Fsp3) is 0.842. The third-order valence-corrected chi connectivity index (χ3v) is 8.02. The van der Waals surface area contributed by atoms with E-state index >= 15 is 0 Å². The number of amidine groups is 1. The minimum Gasteiger partial charge on any atom is -0.330 e. The highest BCUT2D eigenvalue weighted by atomic mass is 32.2. The highest BCUT2D eigenvalue weighted by Crippen LogP contribution is 2.60. The van der Waals surface area contributed by atoms with Crippen molar-refractivity contribution in [3.63, 3.8) is 0 Å². The minimum atomic E-state index is -0.288. The van der Waals surface area contributed by atoms with E-state index in [1.54, 1.807) is 11.8 Å². The van der Waals surface area contributed by atoms with Gasteiger partial charge in [0.2, 0.25) is 11.8 Å². The first-order valence-corrected chi connectivity index (χ1v) is 10.9. The number of likely N-dealkylation sites (tertiary alicyclic amines) is 1. The number of thioether (sulfide) groups is 1. The molecule has 4 saturated carbocycles. The van der Waals surface area contributed by atoms with Gasteiger partial charge in [-0.05, 0) is 69.1 Å². The maximum absolute atomic E-state index is 13.6. The Labute approximate surface area is 153 Å². The zero-order chi connectivity index (χ0) is 17.0. The maximum Gasteiger partial charge on any atom is 0.248 e. The number of amides is 2. The van der Waals surface area contributed by atoms with E-state index in [4.69, 9.17) is 0 Å². The highest BCUT2D eigenvalue weighted by Gasteiger charge is 2.56. The van der Waals surface area contributed by atoms with Gasteiger partial charge in [0.15, 0.2) is 5.17 Å². The Morgan fingerprint density at radius 1 is 1.12 bits per heavy atom. The van der Waals surface area contributed by atoms with Crippen LogP contribution in [0.3, 0.4) is 0 Å².